The molecule has 0 bridgehead atoms. The van der Waals surface area contributed by atoms with Crippen LogP contribution in [0.1, 0.15) is 40.9 Å². The smallest absolute Gasteiger partial charge is 0.254 e. The third kappa shape index (κ3) is 4.81. The zero-order valence-corrected chi connectivity index (χ0v) is 18.7. The van der Waals surface area contributed by atoms with Gasteiger partial charge in [0, 0.05) is 23.3 Å². The maximum absolute atomic E-state index is 15.6. The van der Waals surface area contributed by atoms with E-state index in [9.17, 15) is 9.90 Å². The number of aryl methyl sites for hydroxylation is 1. The van der Waals surface area contributed by atoms with Crippen LogP contribution in [0, 0.1) is 5.82 Å². The first kappa shape index (κ1) is 22.7. The van der Waals surface area contributed by atoms with Crippen LogP contribution in [0.2, 0.25) is 5.02 Å². The predicted molar refractivity (Wildman–Crippen MR) is 126 cm³/mol. The summed E-state index contributed by atoms with van der Waals surface area (Å²) < 4.78 is 17.1. The van der Waals surface area contributed by atoms with Crippen molar-refractivity contribution in [3.05, 3.63) is 82.3 Å². The Kier molecular flexibility index (Phi) is 6.57. The Morgan fingerprint density at radius 2 is 2.00 bits per heavy atom. The van der Waals surface area contributed by atoms with Crippen LogP contribution in [0.25, 0.3) is 16.8 Å². The highest BCUT2D eigenvalue weighted by Gasteiger charge is 2.21. The summed E-state index contributed by atoms with van der Waals surface area (Å²) >= 11 is 5.87. The molecule has 170 valence electrons. The highest BCUT2D eigenvalue weighted by atomic mass is 35.5. The number of rotatable bonds is 7. The van der Waals surface area contributed by atoms with Crippen LogP contribution in [0.15, 0.2) is 54.7 Å². The van der Waals surface area contributed by atoms with E-state index in [0.29, 0.717) is 33.8 Å². The lowest BCUT2D eigenvalue weighted by molar-refractivity contribution is 0.0937. The first-order valence-electron chi connectivity index (χ1n) is 10.5. The second kappa shape index (κ2) is 9.56. The fourth-order valence-electron chi connectivity index (χ4n) is 3.71. The molecule has 4 rings (SSSR count). The zero-order valence-electron chi connectivity index (χ0n) is 17.9. The number of halogens is 2. The fraction of sp³-hybridized carbons (Fsp3) is 0.208. The van der Waals surface area contributed by atoms with Crippen molar-refractivity contribution in [1.82, 2.24) is 19.9 Å². The van der Waals surface area contributed by atoms with Crippen molar-refractivity contribution in [1.29, 1.82) is 0 Å². The van der Waals surface area contributed by atoms with Gasteiger partial charge in [0.25, 0.3) is 5.91 Å². The Hall–Kier alpha value is -3.49. The van der Waals surface area contributed by atoms with Crippen molar-refractivity contribution >= 4 is 29.1 Å². The first-order chi connectivity index (χ1) is 15.9. The highest BCUT2D eigenvalue weighted by Crippen LogP contribution is 2.28. The third-order valence-corrected chi connectivity index (χ3v) is 5.71. The van der Waals surface area contributed by atoms with Crippen LogP contribution < -0.4 is 11.1 Å². The Bertz CT molecular complexity index is 1310. The van der Waals surface area contributed by atoms with Gasteiger partial charge in [0.1, 0.15) is 5.82 Å². The number of aromatic nitrogens is 3. The summed E-state index contributed by atoms with van der Waals surface area (Å²) in [5.74, 6) is -1.01. The molecule has 0 radical (unpaired) electrons. The van der Waals surface area contributed by atoms with E-state index in [1.54, 1.807) is 54.7 Å². The Morgan fingerprint density at radius 3 is 2.73 bits per heavy atom. The van der Waals surface area contributed by atoms with Crippen LogP contribution in [-0.2, 0) is 6.42 Å². The number of carbonyl (C=O) groups is 1. The zero-order chi connectivity index (χ0) is 23.5. The molecule has 0 aliphatic carbocycles. The van der Waals surface area contributed by atoms with Gasteiger partial charge in [-0.15, -0.1) is 5.10 Å². The summed E-state index contributed by atoms with van der Waals surface area (Å²) in [5, 5.41) is 17.7. The topological polar surface area (TPSA) is 106 Å². The van der Waals surface area contributed by atoms with Gasteiger partial charge < -0.3 is 16.2 Å². The molecule has 0 aliphatic heterocycles. The number of nitrogens with two attached hydrogens (primary N) is 1. The van der Waals surface area contributed by atoms with Crippen LogP contribution in [0.4, 0.5) is 10.3 Å². The minimum absolute atomic E-state index is 0.00293. The van der Waals surface area contributed by atoms with Crippen molar-refractivity contribution in [3.63, 3.8) is 0 Å². The molecule has 7 nitrogen and oxygen atoms in total. The van der Waals surface area contributed by atoms with E-state index in [4.69, 9.17) is 17.3 Å². The van der Waals surface area contributed by atoms with Crippen LogP contribution in [-0.4, -0.2) is 32.2 Å². The SMILES string of the molecule is CCc1ccc(-c2ccn3nc(N)nc3c2)c(F)c1C(=O)NCC[C@@H](O)c1ccc(Cl)cc1. The number of pyridine rings is 1. The molecule has 0 aliphatic rings. The number of fused-ring (bicyclic) bond motifs is 1. The predicted octanol–water partition coefficient (Wildman–Crippen LogP) is 4.19. The number of anilines is 1. The summed E-state index contributed by atoms with van der Waals surface area (Å²) in [6.45, 7) is 2.04. The van der Waals surface area contributed by atoms with E-state index in [0.717, 1.165) is 0 Å². The van der Waals surface area contributed by atoms with Crippen LogP contribution >= 0.6 is 11.6 Å². The molecule has 0 fully saturated rings. The van der Waals surface area contributed by atoms with Crippen molar-refractivity contribution in [2.45, 2.75) is 25.9 Å². The quantitative estimate of drug-likeness (QED) is 0.378. The summed E-state index contributed by atoms with van der Waals surface area (Å²) in [5.41, 5.74) is 8.23. The number of nitrogens with zero attached hydrogens (tertiary/aromatic N) is 3. The van der Waals surface area contributed by atoms with Gasteiger partial charge in [-0.05, 0) is 53.8 Å². The molecule has 0 saturated heterocycles. The van der Waals surface area contributed by atoms with Gasteiger partial charge in [-0.1, -0.05) is 42.8 Å². The average molecular weight is 468 g/mol. The molecule has 0 saturated carbocycles. The second-order valence-electron chi connectivity index (χ2n) is 7.61. The number of carbonyl (C=O) groups excluding carboxylic acids is 1. The van der Waals surface area contributed by atoms with Crippen molar-refractivity contribution in [2.24, 2.45) is 0 Å². The molecule has 2 aromatic heterocycles. The lowest BCUT2D eigenvalue weighted by atomic mass is 9.96. The molecule has 0 unspecified atom stereocenters. The minimum atomic E-state index is -0.772. The molecule has 33 heavy (non-hydrogen) atoms. The molecule has 1 atom stereocenters. The van der Waals surface area contributed by atoms with E-state index in [1.165, 1.54) is 4.52 Å². The van der Waals surface area contributed by atoms with Gasteiger partial charge in [0.15, 0.2) is 5.65 Å². The Morgan fingerprint density at radius 1 is 1.24 bits per heavy atom. The van der Waals surface area contributed by atoms with Crippen molar-refractivity contribution in [2.75, 3.05) is 12.3 Å². The maximum atomic E-state index is 15.6. The number of nitrogen functional groups attached to an aromatic ring is 1. The lowest BCUT2D eigenvalue weighted by Crippen LogP contribution is -2.27. The highest BCUT2D eigenvalue weighted by molar-refractivity contribution is 6.30. The molecule has 4 N–H and O–H groups in total. The van der Waals surface area contributed by atoms with Crippen molar-refractivity contribution in [3.8, 4) is 11.1 Å². The average Bonchev–Trinajstić information content (AvgIpc) is 3.18. The van der Waals surface area contributed by atoms with Gasteiger partial charge in [-0.2, -0.15) is 4.98 Å². The number of nitrogens with one attached hydrogen (secondary N) is 1. The van der Waals surface area contributed by atoms with Crippen LogP contribution in [0.3, 0.4) is 0 Å². The molecular weight excluding hydrogens is 445 g/mol. The van der Waals surface area contributed by atoms with Gasteiger partial charge in [-0.25, -0.2) is 8.91 Å². The van der Waals surface area contributed by atoms with E-state index < -0.39 is 17.8 Å². The Balaban J connectivity index is 1.54. The number of benzene rings is 2. The van der Waals surface area contributed by atoms with Gasteiger partial charge in [-0.3, -0.25) is 4.79 Å². The minimum Gasteiger partial charge on any atom is -0.388 e. The summed E-state index contributed by atoms with van der Waals surface area (Å²) in [6, 6.07) is 13.6. The van der Waals surface area contributed by atoms with E-state index >= 15 is 4.39 Å². The van der Waals surface area contributed by atoms with E-state index in [2.05, 4.69) is 15.4 Å². The van der Waals surface area contributed by atoms with E-state index in [-0.39, 0.29) is 30.0 Å². The van der Waals surface area contributed by atoms with Crippen LogP contribution in [0.5, 0.6) is 0 Å². The summed E-state index contributed by atoms with van der Waals surface area (Å²) in [4.78, 5) is 17.0. The molecule has 2 aromatic carbocycles. The third-order valence-electron chi connectivity index (χ3n) is 5.46. The van der Waals surface area contributed by atoms with Gasteiger partial charge in [0.05, 0.1) is 11.7 Å². The summed E-state index contributed by atoms with van der Waals surface area (Å²) in [6.07, 6.45) is 1.64. The first-order valence-corrected chi connectivity index (χ1v) is 10.9. The lowest BCUT2D eigenvalue weighted by Gasteiger charge is -2.15. The molecule has 2 heterocycles. The number of aliphatic hydroxyl groups is 1. The van der Waals surface area contributed by atoms with Crippen molar-refractivity contribution < 1.29 is 14.3 Å². The molecule has 4 aromatic rings. The van der Waals surface area contributed by atoms with E-state index in [1.807, 2.05) is 6.92 Å². The van der Waals surface area contributed by atoms with Gasteiger partial charge >= 0.3 is 0 Å². The number of hydrogen-bond acceptors (Lipinski definition) is 5. The molecule has 0 spiro atoms. The maximum Gasteiger partial charge on any atom is 0.254 e. The number of aliphatic hydroxyl groups excluding tert-OH is 1. The monoisotopic (exact) mass is 467 g/mol. The molecule has 1 amide bonds. The second-order valence-corrected chi connectivity index (χ2v) is 8.05. The molecular formula is C24H23ClFN5O2. The molecule has 9 heteroatoms. The fourth-order valence-corrected chi connectivity index (χ4v) is 3.83. The standard InChI is InChI=1S/C24H23ClFN5O2/c1-2-14-5-8-18(16-10-12-31-20(13-16)29-24(27)30-31)22(26)21(14)23(33)28-11-9-19(32)15-3-6-17(25)7-4-15/h3-8,10,12-13,19,32H,2,9,11H2,1H3,(H2,27,30)(H,28,33)/t19-/m1/s1. The largest absolute Gasteiger partial charge is 0.388 e. The Labute approximate surface area is 195 Å². The normalized spacial score (nSPS) is 12.1. The number of hydrogen-bond donors (Lipinski definition) is 3. The van der Waals surface area contributed by atoms with Gasteiger partial charge in [0.2, 0.25) is 5.95 Å². The number of amides is 1. The summed E-state index contributed by atoms with van der Waals surface area (Å²) in [7, 11) is 0.